The zero-order valence-electron chi connectivity index (χ0n) is 8.58. The Morgan fingerprint density at radius 2 is 1.82 bits per heavy atom. The van der Waals surface area contributed by atoms with Crippen LogP contribution in [0.5, 0.6) is 0 Å². The van der Waals surface area contributed by atoms with Gasteiger partial charge in [-0.1, -0.05) is 39.7 Å². The molecule has 0 N–H and O–H groups in total. The van der Waals surface area contributed by atoms with Gasteiger partial charge in [0.1, 0.15) is 5.82 Å². The molecule has 0 aliphatic carbocycles. The summed E-state index contributed by atoms with van der Waals surface area (Å²) in [6, 6.07) is 10.7. The average Bonchev–Trinajstić information content (AvgIpc) is 2.32. The van der Waals surface area contributed by atoms with Crippen LogP contribution in [0.25, 0.3) is 0 Å². The minimum absolute atomic E-state index is 0.165. The van der Waals surface area contributed by atoms with Gasteiger partial charge in [-0.15, -0.1) is 0 Å². The second kappa shape index (κ2) is 4.98. The summed E-state index contributed by atoms with van der Waals surface area (Å²) < 4.78 is 13.8. The van der Waals surface area contributed by atoms with Crippen LogP contribution in [0.4, 0.5) is 4.39 Å². The molecule has 0 atom stereocenters. The van der Waals surface area contributed by atoms with Crippen molar-refractivity contribution in [2.45, 2.75) is 0 Å². The minimum Gasteiger partial charge on any atom is -0.289 e. The first-order valence-electron chi connectivity index (χ1n) is 4.84. The molecule has 0 aliphatic rings. The van der Waals surface area contributed by atoms with Crippen molar-refractivity contribution in [1.29, 1.82) is 0 Å². The molecule has 0 amide bonds. The van der Waals surface area contributed by atoms with E-state index in [2.05, 4.69) is 15.9 Å². The maximum absolute atomic E-state index is 13.1. The molecule has 86 valence electrons. The van der Waals surface area contributed by atoms with Crippen molar-refractivity contribution < 1.29 is 9.18 Å². The van der Waals surface area contributed by atoms with E-state index in [4.69, 9.17) is 11.6 Å². The van der Waals surface area contributed by atoms with E-state index in [1.54, 1.807) is 24.3 Å². The highest BCUT2D eigenvalue weighted by atomic mass is 79.9. The fraction of sp³-hybridized carbons (Fsp3) is 0. The Kier molecular flexibility index (Phi) is 3.60. The van der Waals surface area contributed by atoms with Crippen molar-refractivity contribution >= 4 is 33.3 Å². The molecule has 0 radical (unpaired) electrons. The van der Waals surface area contributed by atoms with Crippen molar-refractivity contribution in [2.75, 3.05) is 0 Å². The molecular formula is C13H7BrClFO. The van der Waals surface area contributed by atoms with Crippen molar-refractivity contribution in [3.63, 3.8) is 0 Å². The first-order valence-corrected chi connectivity index (χ1v) is 6.01. The van der Waals surface area contributed by atoms with Crippen LogP contribution < -0.4 is 0 Å². The lowest BCUT2D eigenvalue weighted by Crippen LogP contribution is -2.03. The van der Waals surface area contributed by atoms with Gasteiger partial charge in [0.15, 0.2) is 5.78 Å². The van der Waals surface area contributed by atoms with Crippen LogP contribution in [-0.4, -0.2) is 5.78 Å². The molecule has 17 heavy (non-hydrogen) atoms. The summed E-state index contributed by atoms with van der Waals surface area (Å²) in [5, 5.41) is 0.243. The fourth-order valence-electron chi connectivity index (χ4n) is 1.46. The third-order valence-electron chi connectivity index (χ3n) is 2.29. The second-order valence-electron chi connectivity index (χ2n) is 3.43. The second-order valence-corrected chi connectivity index (χ2v) is 4.69. The lowest BCUT2D eigenvalue weighted by atomic mass is 10.0. The number of carbonyl (C=O) groups excluding carboxylic acids is 1. The van der Waals surface area contributed by atoms with Gasteiger partial charge in [-0.25, -0.2) is 4.39 Å². The summed E-state index contributed by atoms with van der Waals surface area (Å²) in [5.74, 6) is -0.785. The zero-order valence-corrected chi connectivity index (χ0v) is 10.9. The Morgan fingerprint density at radius 1 is 1.12 bits per heavy atom. The number of halogens is 3. The van der Waals surface area contributed by atoms with E-state index in [0.29, 0.717) is 10.0 Å². The number of rotatable bonds is 2. The molecule has 2 aromatic rings. The molecule has 0 saturated heterocycles. The standard InChI is InChI=1S/C13H7BrClFO/c14-11-4-2-1-3-9(11)13(17)10-7-8(16)5-6-12(10)15/h1-7H. The quantitative estimate of drug-likeness (QED) is 0.748. The Bertz CT molecular complexity index is 583. The molecule has 0 fully saturated rings. The molecule has 0 spiro atoms. The Hall–Kier alpha value is -1.19. The highest BCUT2D eigenvalue weighted by molar-refractivity contribution is 9.10. The monoisotopic (exact) mass is 312 g/mol. The first-order chi connectivity index (χ1) is 8.09. The summed E-state index contributed by atoms with van der Waals surface area (Å²) in [6.07, 6.45) is 0. The molecule has 4 heteroatoms. The van der Waals surface area contributed by atoms with Crippen LogP contribution in [0.2, 0.25) is 5.02 Å². The molecule has 0 aromatic heterocycles. The van der Waals surface area contributed by atoms with E-state index < -0.39 is 5.82 Å². The molecule has 0 unspecified atom stereocenters. The van der Waals surface area contributed by atoms with Crippen LogP contribution in [0.3, 0.4) is 0 Å². The van der Waals surface area contributed by atoms with Crippen molar-refractivity contribution in [3.8, 4) is 0 Å². The summed E-state index contributed by atoms with van der Waals surface area (Å²) in [6.45, 7) is 0. The van der Waals surface area contributed by atoms with Crippen molar-refractivity contribution in [2.24, 2.45) is 0 Å². The third kappa shape index (κ3) is 2.56. The lowest BCUT2D eigenvalue weighted by Gasteiger charge is -2.05. The largest absolute Gasteiger partial charge is 0.289 e. The molecule has 1 nitrogen and oxygen atoms in total. The van der Waals surface area contributed by atoms with E-state index in [1.165, 1.54) is 12.1 Å². The number of ketones is 1. The Labute approximate surface area is 111 Å². The smallest absolute Gasteiger partial charge is 0.195 e. The normalized spacial score (nSPS) is 10.3. The van der Waals surface area contributed by atoms with Gasteiger partial charge in [0.2, 0.25) is 0 Å². The van der Waals surface area contributed by atoms with Gasteiger partial charge >= 0.3 is 0 Å². The molecule has 2 aromatic carbocycles. The maximum atomic E-state index is 13.1. The van der Waals surface area contributed by atoms with Crippen LogP contribution in [0.15, 0.2) is 46.9 Å². The molecular weight excluding hydrogens is 306 g/mol. The maximum Gasteiger partial charge on any atom is 0.195 e. The van der Waals surface area contributed by atoms with Crippen LogP contribution in [0.1, 0.15) is 15.9 Å². The number of hydrogen-bond acceptors (Lipinski definition) is 1. The highest BCUT2D eigenvalue weighted by Crippen LogP contribution is 2.24. The van der Waals surface area contributed by atoms with Gasteiger partial charge in [0.05, 0.1) is 5.02 Å². The highest BCUT2D eigenvalue weighted by Gasteiger charge is 2.15. The van der Waals surface area contributed by atoms with Gasteiger partial charge in [-0.3, -0.25) is 4.79 Å². The van der Waals surface area contributed by atoms with E-state index >= 15 is 0 Å². The summed E-state index contributed by atoms with van der Waals surface area (Å²) in [5.41, 5.74) is 0.624. The number of hydrogen-bond donors (Lipinski definition) is 0. The summed E-state index contributed by atoms with van der Waals surface area (Å²) in [4.78, 5) is 12.2. The minimum atomic E-state index is -0.482. The Morgan fingerprint density at radius 3 is 2.53 bits per heavy atom. The van der Waals surface area contributed by atoms with Crippen LogP contribution in [-0.2, 0) is 0 Å². The zero-order chi connectivity index (χ0) is 12.4. The van der Waals surface area contributed by atoms with Gasteiger partial charge in [0, 0.05) is 15.6 Å². The van der Waals surface area contributed by atoms with E-state index in [1.807, 2.05) is 0 Å². The predicted octanol–water partition coefficient (Wildman–Crippen LogP) is 4.47. The summed E-state index contributed by atoms with van der Waals surface area (Å²) >= 11 is 9.17. The fourth-order valence-corrected chi connectivity index (χ4v) is 2.13. The Balaban J connectivity index is 2.51. The molecule has 2 rings (SSSR count). The van der Waals surface area contributed by atoms with Crippen LogP contribution in [0, 0.1) is 5.82 Å². The number of carbonyl (C=O) groups is 1. The number of benzene rings is 2. The van der Waals surface area contributed by atoms with E-state index in [0.717, 1.165) is 6.07 Å². The van der Waals surface area contributed by atoms with Gasteiger partial charge in [0.25, 0.3) is 0 Å². The van der Waals surface area contributed by atoms with Crippen LogP contribution >= 0.6 is 27.5 Å². The van der Waals surface area contributed by atoms with Crippen molar-refractivity contribution in [3.05, 3.63) is 68.9 Å². The third-order valence-corrected chi connectivity index (χ3v) is 3.31. The lowest BCUT2D eigenvalue weighted by molar-refractivity contribution is 0.103. The average molecular weight is 314 g/mol. The van der Waals surface area contributed by atoms with Gasteiger partial charge in [-0.2, -0.15) is 0 Å². The topological polar surface area (TPSA) is 17.1 Å². The molecule has 0 aliphatic heterocycles. The van der Waals surface area contributed by atoms with Gasteiger partial charge in [-0.05, 0) is 30.3 Å². The van der Waals surface area contributed by atoms with Gasteiger partial charge < -0.3 is 0 Å². The van der Waals surface area contributed by atoms with E-state index in [9.17, 15) is 9.18 Å². The SMILES string of the molecule is O=C(c1cc(F)ccc1Cl)c1ccccc1Br. The summed E-state index contributed by atoms with van der Waals surface area (Å²) in [7, 11) is 0. The molecule has 0 bridgehead atoms. The van der Waals surface area contributed by atoms with Crippen molar-refractivity contribution in [1.82, 2.24) is 0 Å². The molecule has 0 saturated carbocycles. The first kappa shape index (κ1) is 12.3. The predicted molar refractivity (Wildman–Crippen MR) is 69.0 cm³/mol. The molecule has 0 heterocycles. The van der Waals surface area contributed by atoms with E-state index in [-0.39, 0.29) is 16.4 Å².